The Morgan fingerprint density at radius 2 is 2.00 bits per heavy atom. The predicted octanol–water partition coefficient (Wildman–Crippen LogP) is 3.49. The molecule has 0 amide bonds. The third-order valence-corrected chi connectivity index (χ3v) is 3.23. The number of ether oxygens (including phenoxy) is 1. The Morgan fingerprint density at radius 3 is 2.67 bits per heavy atom. The summed E-state index contributed by atoms with van der Waals surface area (Å²) in [5, 5.41) is 7.18. The van der Waals surface area contributed by atoms with Gasteiger partial charge in [-0.25, -0.2) is 4.99 Å². The molecule has 24 heavy (non-hydrogen) atoms. The van der Waals surface area contributed by atoms with Gasteiger partial charge in [0.1, 0.15) is 12.4 Å². The van der Waals surface area contributed by atoms with Crippen LogP contribution in [0.15, 0.2) is 53.8 Å². The number of guanidine groups is 1. The van der Waals surface area contributed by atoms with Crippen LogP contribution >= 0.6 is 35.6 Å². The van der Waals surface area contributed by atoms with Crippen molar-refractivity contribution in [2.45, 2.75) is 13.5 Å². The Kier molecular flexibility index (Phi) is 10.2. The van der Waals surface area contributed by atoms with Gasteiger partial charge in [-0.05, 0) is 36.8 Å². The number of halogens is 2. The highest BCUT2D eigenvalue weighted by atomic mass is 127. The average molecular weight is 461 g/mol. The highest BCUT2D eigenvalue weighted by molar-refractivity contribution is 14.0. The van der Waals surface area contributed by atoms with Gasteiger partial charge in [0, 0.05) is 17.8 Å². The van der Waals surface area contributed by atoms with E-state index in [1.807, 2.05) is 43.3 Å². The lowest BCUT2D eigenvalue weighted by molar-refractivity contribution is 0.320. The zero-order valence-corrected chi connectivity index (χ0v) is 16.6. The van der Waals surface area contributed by atoms with Crippen LogP contribution in [0.25, 0.3) is 0 Å². The standard InChI is InChI=1S/C17H21ClN4O.HI/c1-2-20-17(22-12-14-5-7-15(18)8-6-14)21-10-11-23-16-4-3-9-19-13-16;/h3-9,13H,2,10-12H2,1H3,(H2,20,21,22);1H. The van der Waals surface area contributed by atoms with E-state index in [0.717, 1.165) is 28.8 Å². The fourth-order valence-corrected chi connectivity index (χ4v) is 2.00. The third kappa shape index (κ3) is 7.83. The largest absolute Gasteiger partial charge is 0.490 e. The normalized spacial score (nSPS) is 10.7. The minimum atomic E-state index is 0. The molecule has 0 aliphatic heterocycles. The minimum Gasteiger partial charge on any atom is -0.490 e. The van der Waals surface area contributed by atoms with E-state index in [4.69, 9.17) is 16.3 Å². The molecule has 2 N–H and O–H groups in total. The van der Waals surface area contributed by atoms with Crippen molar-refractivity contribution in [3.05, 3.63) is 59.4 Å². The smallest absolute Gasteiger partial charge is 0.191 e. The van der Waals surface area contributed by atoms with Crippen molar-refractivity contribution in [2.75, 3.05) is 19.7 Å². The Bertz CT molecular complexity index is 608. The van der Waals surface area contributed by atoms with E-state index in [0.29, 0.717) is 19.7 Å². The van der Waals surface area contributed by atoms with Crippen molar-refractivity contribution >= 4 is 41.5 Å². The van der Waals surface area contributed by atoms with Crippen LogP contribution < -0.4 is 15.4 Å². The van der Waals surface area contributed by atoms with Gasteiger partial charge in [-0.1, -0.05) is 23.7 Å². The number of benzene rings is 1. The van der Waals surface area contributed by atoms with Crippen LogP contribution in [0.4, 0.5) is 0 Å². The van der Waals surface area contributed by atoms with Crippen LogP contribution in [0.1, 0.15) is 12.5 Å². The first kappa shape index (κ1) is 20.5. The lowest BCUT2D eigenvalue weighted by Crippen LogP contribution is -2.39. The van der Waals surface area contributed by atoms with Crippen LogP contribution in [-0.2, 0) is 6.54 Å². The molecule has 2 aromatic rings. The first-order valence-corrected chi connectivity index (χ1v) is 7.95. The Hall–Kier alpha value is -1.54. The number of hydrogen-bond donors (Lipinski definition) is 2. The second-order valence-corrected chi connectivity index (χ2v) is 5.22. The summed E-state index contributed by atoms with van der Waals surface area (Å²) < 4.78 is 5.59. The van der Waals surface area contributed by atoms with Crippen LogP contribution in [-0.4, -0.2) is 30.6 Å². The van der Waals surface area contributed by atoms with Crippen molar-refractivity contribution in [1.29, 1.82) is 0 Å². The monoisotopic (exact) mass is 460 g/mol. The fourth-order valence-electron chi connectivity index (χ4n) is 1.87. The van der Waals surface area contributed by atoms with E-state index in [2.05, 4.69) is 20.6 Å². The predicted molar refractivity (Wildman–Crippen MR) is 109 cm³/mol. The van der Waals surface area contributed by atoms with Gasteiger partial charge in [0.2, 0.25) is 0 Å². The van der Waals surface area contributed by atoms with Crippen molar-refractivity contribution in [3.8, 4) is 5.75 Å². The molecule has 1 aromatic heterocycles. The maximum absolute atomic E-state index is 5.88. The summed E-state index contributed by atoms with van der Waals surface area (Å²) in [5.74, 6) is 1.52. The van der Waals surface area contributed by atoms with E-state index in [1.165, 1.54) is 0 Å². The van der Waals surface area contributed by atoms with Crippen molar-refractivity contribution in [2.24, 2.45) is 4.99 Å². The van der Waals surface area contributed by atoms with Gasteiger partial charge in [0.25, 0.3) is 0 Å². The maximum atomic E-state index is 5.88. The quantitative estimate of drug-likeness (QED) is 0.287. The summed E-state index contributed by atoms with van der Waals surface area (Å²) in [5.41, 5.74) is 1.11. The van der Waals surface area contributed by atoms with E-state index < -0.39 is 0 Å². The van der Waals surface area contributed by atoms with Gasteiger partial charge in [-0.15, -0.1) is 24.0 Å². The molecule has 0 unspecified atom stereocenters. The molecule has 130 valence electrons. The van der Waals surface area contributed by atoms with Gasteiger partial charge in [-0.2, -0.15) is 0 Å². The molecular formula is C17H22ClIN4O. The summed E-state index contributed by atoms with van der Waals surface area (Å²) in [7, 11) is 0. The number of hydrogen-bond acceptors (Lipinski definition) is 3. The van der Waals surface area contributed by atoms with Crippen LogP contribution in [0.3, 0.4) is 0 Å². The average Bonchev–Trinajstić information content (AvgIpc) is 2.59. The van der Waals surface area contributed by atoms with E-state index >= 15 is 0 Å². The Balaban J connectivity index is 0.00000288. The molecule has 5 nitrogen and oxygen atoms in total. The molecule has 0 radical (unpaired) electrons. The summed E-state index contributed by atoms with van der Waals surface area (Å²) >= 11 is 5.88. The van der Waals surface area contributed by atoms with Gasteiger partial charge in [-0.3, -0.25) is 4.98 Å². The molecule has 0 aliphatic carbocycles. The Morgan fingerprint density at radius 1 is 1.21 bits per heavy atom. The molecule has 7 heteroatoms. The van der Waals surface area contributed by atoms with Gasteiger partial charge in [0.15, 0.2) is 5.96 Å². The van der Waals surface area contributed by atoms with Crippen LogP contribution in [0, 0.1) is 0 Å². The zero-order chi connectivity index (χ0) is 16.3. The molecule has 0 bridgehead atoms. The van der Waals surface area contributed by atoms with E-state index in [-0.39, 0.29) is 24.0 Å². The number of aliphatic imine (C=N–C) groups is 1. The number of nitrogens with zero attached hydrogens (tertiary/aromatic N) is 2. The summed E-state index contributed by atoms with van der Waals surface area (Å²) in [4.78, 5) is 8.55. The van der Waals surface area contributed by atoms with Crippen molar-refractivity contribution in [1.82, 2.24) is 15.6 Å². The molecule has 0 aliphatic rings. The number of pyridine rings is 1. The van der Waals surface area contributed by atoms with Gasteiger partial charge >= 0.3 is 0 Å². The summed E-state index contributed by atoms with van der Waals surface area (Å²) in [6.45, 7) is 4.62. The van der Waals surface area contributed by atoms with E-state index in [1.54, 1.807) is 12.4 Å². The lowest BCUT2D eigenvalue weighted by atomic mass is 10.2. The highest BCUT2D eigenvalue weighted by Crippen LogP contribution is 2.10. The maximum Gasteiger partial charge on any atom is 0.191 e. The molecule has 0 saturated carbocycles. The molecule has 0 fully saturated rings. The SMILES string of the molecule is CCNC(=NCc1ccc(Cl)cc1)NCCOc1cccnc1.I. The zero-order valence-electron chi connectivity index (χ0n) is 13.5. The molecule has 0 saturated heterocycles. The first-order chi connectivity index (χ1) is 11.3. The summed E-state index contributed by atoms with van der Waals surface area (Å²) in [6, 6.07) is 11.4. The number of rotatable bonds is 7. The molecule has 1 aromatic carbocycles. The molecular weight excluding hydrogens is 439 g/mol. The molecule has 2 rings (SSSR count). The highest BCUT2D eigenvalue weighted by Gasteiger charge is 1.98. The lowest BCUT2D eigenvalue weighted by Gasteiger charge is -2.12. The van der Waals surface area contributed by atoms with Crippen LogP contribution in [0.5, 0.6) is 5.75 Å². The van der Waals surface area contributed by atoms with Gasteiger partial charge < -0.3 is 15.4 Å². The number of aromatic nitrogens is 1. The fraction of sp³-hybridized carbons (Fsp3) is 0.294. The number of nitrogens with one attached hydrogen (secondary N) is 2. The Labute approximate surface area is 164 Å². The third-order valence-electron chi connectivity index (χ3n) is 2.97. The van der Waals surface area contributed by atoms with E-state index in [9.17, 15) is 0 Å². The summed E-state index contributed by atoms with van der Waals surface area (Å²) in [6.07, 6.45) is 3.41. The van der Waals surface area contributed by atoms with Crippen molar-refractivity contribution < 1.29 is 4.74 Å². The second-order valence-electron chi connectivity index (χ2n) is 4.79. The molecule has 0 atom stereocenters. The van der Waals surface area contributed by atoms with Crippen molar-refractivity contribution in [3.63, 3.8) is 0 Å². The van der Waals surface area contributed by atoms with Gasteiger partial charge in [0.05, 0.1) is 19.3 Å². The molecule has 0 spiro atoms. The first-order valence-electron chi connectivity index (χ1n) is 7.57. The minimum absolute atomic E-state index is 0. The topological polar surface area (TPSA) is 58.5 Å². The van der Waals surface area contributed by atoms with Crippen LogP contribution in [0.2, 0.25) is 5.02 Å². The molecule has 1 heterocycles. The second kappa shape index (κ2) is 11.9.